The Kier molecular flexibility index (Phi) is 5.04. The summed E-state index contributed by atoms with van der Waals surface area (Å²) in [5, 5.41) is 11.7. The molecule has 1 N–H and O–H groups in total. The Labute approximate surface area is 180 Å². The number of benzene rings is 3. The molecule has 0 saturated carbocycles. The molecule has 3 aromatic rings. The van der Waals surface area contributed by atoms with Gasteiger partial charge in [0.15, 0.2) is 5.54 Å². The van der Waals surface area contributed by atoms with Crippen LogP contribution in [-0.2, 0) is 12.0 Å². The predicted octanol–water partition coefficient (Wildman–Crippen LogP) is 7.05. The fourth-order valence-electron chi connectivity index (χ4n) is 4.72. The minimum Gasteiger partial charge on any atom is -0.465 e. The van der Waals surface area contributed by atoms with Gasteiger partial charge >= 0.3 is 12.3 Å². The van der Waals surface area contributed by atoms with Crippen LogP contribution >= 0.6 is 15.9 Å². The van der Waals surface area contributed by atoms with Gasteiger partial charge < -0.3 is 5.11 Å². The fourth-order valence-corrected chi connectivity index (χ4v) is 5.13. The number of carboxylic acid groups (broad SMARTS) is 1. The number of aryl methyl sites for hydroxylation is 1. The first kappa shape index (κ1) is 20.7. The monoisotopic (exact) mass is 477 g/mol. The maximum Gasteiger partial charge on any atom is 0.416 e. The third kappa shape index (κ3) is 3.07. The number of hydrogen-bond donors (Lipinski definition) is 1. The van der Waals surface area contributed by atoms with Crippen LogP contribution in [0.2, 0.25) is 0 Å². The van der Waals surface area contributed by atoms with E-state index >= 15 is 0 Å². The van der Waals surface area contributed by atoms with Crippen LogP contribution in [0.5, 0.6) is 0 Å². The Bertz CT molecular complexity index is 1130. The molecular formula is C23H19BrF3NO2. The van der Waals surface area contributed by atoms with E-state index in [0.717, 1.165) is 10.8 Å². The lowest BCUT2D eigenvalue weighted by Gasteiger charge is -2.45. The van der Waals surface area contributed by atoms with Crippen LogP contribution in [0.3, 0.4) is 0 Å². The highest BCUT2D eigenvalue weighted by atomic mass is 79.9. The Morgan fingerprint density at radius 3 is 2.53 bits per heavy atom. The van der Waals surface area contributed by atoms with E-state index in [0.29, 0.717) is 20.5 Å². The van der Waals surface area contributed by atoms with Crippen LogP contribution in [0.25, 0.3) is 10.8 Å². The molecule has 1 aliphatic carbocycles. The zero-order chi connectivity index (χ0) is 21.7. The SMILES string of the molecule is C[C@@H](c1cccc2ccccc12)N(C(=O)O)[C@@]1(C(F)(F)F)CCc2cc(Br)ccc21. The van der Waals surface area contributed by atoms with Crippen LogP contribution in [0.15, 0.2) is 65.1 Å². The molecule has 2 atom stereocenters. The Balaban J connectivity index is 1.94. The zero-order valence-corrected chi connectivity index (χ0v) is 17.7. The Hall–Kier alpha value is -2.54. The molecular weight excluding hydrogens is 459 g/mol. The van der Waals surface area contributed by atoms with E-state index in [1.807, 2.05) is 18.2 Å². The summed E-state index contributed by atoms with van der Waals surface area (Å²) >= 11 is 3.30. The van der Waals surface area contributed by atoms with Crippen molar-refractivity contribution in [3.63, 3.8) is 0 Å². The van der Waals surface area contributed by atoms with E-state index in [1.165, 1.54) is 19.1 Å². The second kappa shape index (κ2) is 7.30. The van der Waals surface area contributed by atoms with Crippen molar-refractivity contribution in [2.45, 2.75) is 37.5 Å². The molecule has 156 valence electrons. The third-order valence-electron chi connectivity index (χ3n) is 6.02. The highest BCUT2D eigenvalue weighted by molar-refractivity contribution is 9.10. The lowest BCUT2D eigenvalue weighted by Crippen LogP contribution is -2.57. The van der Waals surface area contributed by atoms with Crippen LogP contribution < -0.4 is 0 Å². The summed E-state index contributed by atoms with van der Waals surface area (Å²) in [6.45, 7) is 1.53. The summed E-state index contributed by atoms with van der Waals surface area (Å²) in [5.41, 5.74) is -1.54. The van der Waals surface area contributed by atoms with Crippen molar-refractivity contribution in [3.8, 4) is 0 Å². The molecule has 3 nitrogen and oxygen atoms in total. The second-order valence-electron chi connectivity index (χ2n) is 7.56. The molecule has 1 amide bonds. The Morgan fingerprint density at radius 2 is 1.83 bits per heavy atom. The van der Waals surface area contributed by atoms with E-state index in [-0.39, 0.29) is 18.4 Å². The topological polar surface area (TPSA) is 40.5 Å². The van der Waals surface area contributed by atoms with E-state index in [2.05, 4.69) is 15.9 Å². The summed E-state index contributed by atoms with van der Waals surface area (Å²) in [6.07, 6.45) is -6.56. The van der Waals surface area contributed by atoms with Gasteiger partial charge in [-0.1, -0.05) is 64.5 Å². The predicted molar refractivity (Wildman–Crippen MR) is 112 cm³/mol. The van der Waals surface area contributed by atoms with Crippen LogP contribution in [0.1, 0.15) is 36.1 Å². The highest BCUT2D eigenvalue weighted by Gasteiger charge is 2.64. The summed E-state index contributed by atoms with van der Waals surface area (Å²) in [7, 11) is 0. The number of nitrogens with zero attached hydrogens (tertiary/aromatic N) is 1. The molecule has 0 aliphatic heterocycles. The maximum absolute atomic E-state index is 14.7. The van der Waals surface area contributed by atoms with Crippen molar-refractivity contribution in [1.29, 1.82) is 0 Å². The number of rotatable bonds is 3. The quantitative estimate of drug-likeness (QED) is 0.439. The third-order valence-corrected chi connectivity index (χ3v) is 6.51. The van der Waals surface area contributed by atoms with Gasteiger partial charge in [-0.25, -0.2) is 4.79 Å². The molecule has 0 spiro atoms. The number of hydrogen-bond acceptors (Lipinski definition) is 1. The molecule has 0 aromatic heterocycles. The van der Waals surface area contributed by atoms with Gasteiger partial charge in [-0.15, -0.1) is 0 Å². The first-order chi connectivity index (χ1) is 14.2. The van der Waals surface area contributed by atoms with Gasteiger partial charge in [0.05, 0.1) is 6.04 Å². The lowest BCUT2D eigenvalue weighted by atomic mass is 9.86. The molecule has 0 heterocycles. The molecule has 1 aliphatic rings. The number of amides is 1. The molecule has 30 heavy (non-hydrogen) atoms. The Morgan fingerprint density at radius 1 is 1.13 bits per heavy atom. The molecule has 0 saturated heterocycles. The molecule has 3 aromatic carbocycles. The highest BCUT2D eigenvalue weighted by Crippen LogP contribution is 2.55. The summed E-state index contributed by atoms with van der Waals surface area (Å²) in [5.74, 6) is 0. The summed E-state index contributed by atoms with van der Waals surface area (Å²) in [6, 6.07) is 16.2. The minimum atomic E-state index is -4.77. The molecule has 4 rings (SSSR count). The molecule has 0 fully saturated rings. The lowest BCUT2D eigenvalue weighted by molar-refractivity contribution is -0.236. The number of carbonyl (C=O) groups is 1. The smallest absolute Gasteiger partial charge is 0.416 e. The maximum atomic E-state index is 14.7. The molecule has 7 heteroatoms. The van der Waals surface area contributed by atoms with Crippen molar-refractivity contribution >= 4 is 32.8 Å². The fraction of sp³-hybridized carbons (Fsp3) is 0.261. The first-order valence-corrected chi connectivity index (χ1v) is 10.3. The van der Waals surface area contributed by atoms with Gasteiger partial charge in [0.1, 0.15) is 0 Å². The van der Waals surface area contributed by atoms with E-state index in [9.17, 15) is 23.1 Å². The zero-order valence-electron chi connectivity index (χ0n) is 16.1. The van der Waals surface area contributed by atoms with E-state index < -0.39 is 23.9 Å². The van der Waals surface area contributed by atoms with Crippen molar-refractivity contribution in [2.24, 2.45) is 0 Å². The van der Waals surface area contributed by atoms with Gasteiger partial charge in [0.2, 0.25) is 0 Å². The number of halogens is 4. The van der Waals surface area contributed by atoms with E-state index in [1.54, 1.807) is 30.3 Å². The van der Waals surface area contributed by atoms with Gasteiger partial charge in [-0.2, -0.15) is 13.2 Å². The van der Waals surface area contributed by atoms with Crippen molar-refractivity contribution < 1.29 is 23.1 Å². The van der Waals surface area contributed by atoms with Crippen LogP contribution in [0, 0.1) is 0 Å². The molecule has 0 bridgehead atoms. The van der Waals surface area contributed by atoms with Crippen LogP contribution in [-0.4, -0.2) is 22.3 Å². The van der Waals surface area contributed by atoms with E-state index in [4.69, 9.17) is 0 Å². The van der Waals surface area contributed by atoms with Gasteiger partial charge in [-0.05, 0) is 59.4 Å². The average Bonchev–Trinajstić information content (AvgIpc) is 3.06. The molecule has 0 unspecified atom stereocenters. The molecule has 0 radical (unpaired) electrons. The normalized spacial score (nSPS) is 19.5. The van der Waals surface area contributed by atoms with Crippen molar-refractivity contribution in [3.05, 3.63) is 81.8 Å². The number of fused-ring (bicyclic) bond motifs is 2. The largest absolute Gasteiger partial charge is 0.465 e. The average molecular weight is 478 g/mol. The van der Waals surface area contributed by atoms with Crippen LogP contribution in [0.4, 0.5) is 18.0 Å². The summed E-state index contributed by atoms with van der Waals surface area (Å²) in [4.78, 5) is 13.0. The number of alkyl halides is 3. The van der Waals surface area contributed by atoms with Crippen molar-refractivity contribution in [2.75, 3.05) is 0 Å². The van der Waals surface area contributed by atoms with Gasteiger partial charge in [-0.3, -0.25) is 4.90 Å². The van der Waals surface area contributed by atoms with Gasteiger partial charge in [0, 0.05) is 4.47 Å². The van der Waals surface area contributed by atoms with Gasteiger partial charge in [0.25, 0.3) is 0 Å². The van der Waals surface area contributed by atoms with Crippen molar-refractivity contribution in [1.82, 2.24) is 4.90 Å². The summed E-state index contributed by atoms with van der Waals surface area (Å²) < 4.78 is 44.7. The standard InChI is InChI=1S/C23H19BrF3NO2/c1-14(18-8-4-6-15-5-2-3-7-19(15)18)28(21(29)30)22(23(25,26)27)12-11-16-13-17(24)9-10-20(16)22/h2-10,13-14H,11-12H2,1H3,(H,29,30)/t14-,22-/m0/s1. The second-order valence-corrected chi connectivity index (χ2v) is 8.47. The first-order valence-electron chi connectivity index (χ1n) is 9.52. The minimum absolute atomic E-state index is 0.00712.